The van der Waals surface area contributed by atoms with Gasteiger partial charge in [-0.1, -0.05) is 27.0 Å². The van der Waals surface area contributed by atoms with E-state index in [2.05, 4.69) is 13.2 Å². The van der Waals surface area contributed by atoms with Gasteiger partial charge in [-0.2, -0.15) is 0 Å². The van der Waals surface area contributed by atoms with Crippen LogP contribution in [0.25, 0.3) is 0 Å². The minimum Gasteiger partial charge on any atom is -0.389 e. The van der Waals surface area contributed by atoms with Gasteiger partial charge < -0.3 is 10.2 Å². The number of hydrogen-bond acceptors (Lipinski definition) is 2. The first kappa shape index (κ1) is 18.2. The van der Waals surface area contributed by atoms with Crippen molar-refractivity contribution in [3.63, 3.8) is 0 Å². The third kappa shape index (κ3) is 11.4. The third-order valence-electron chi connectivity index (χ3n) is 1.54. The van der Waals surface area contributed by atoms with Crippen molar-refractivity contribution in [1.29, 1.82) is 0 Å². The summed E-state index contributed by atoms with van der Waals surface area (Å²) in [6.45, 7) is 6.89. The lowest BCUT2D eigenvalue weighted by Gasteiger charge is -2.06. The van der Waals surface area contributed by atoms with Crippen molar-refractivity contribution in [3.8, 4) is 0 Å². The molecule has 2 N–H and O–H groups in total. The van der Waals surface area contributed by atoms with Gasteiger partial charge in [0.25, 0.3) is 0 Å². The molecule has 2 atom stereocenters. The van der Waals surface area contributed by atoms with Gasteiger partial charge in [-0.3, -0.25) is 0 Å². The Balaban J connectivity index is -0.000000500. The molecule has 0 aliphatic heterocycles. The molecule has 2 unspecified atom stereocenters. The van der Waals surface area contributed by atoms with E-state index in [0.717, 1.165) is 6.42 Å². The maximum Gasteiger partial charge on any atom is 0.0718 e. The van der Waals surface area contributed by atoms with E-state index in [9.17, 15) is 0 Å². The van der Waals surface area contributed by atoms with Gasteiger partial charge in [-0.15, -0.1) is 13.2 Å². The van der Waals surface area contributed by atoms with Crippen LogP contribution in [0.3, 0.4) is 0 Å². The second-order valence-electron chi connectivity index (χ2n) is 2.54. The SMILES string of the molecule is C.C.C=CC(O)CCCC(O)C=C. The Hall–Kier alpha value is -0.600. The maximum absolute atomic E-state index is 9.02. The maximum atomic E-state index is 9.02. The topological polar surface area (TPSA) is 40.5 Å². The van der Waals surface area contributed by atoms with Crippen molar-refractivity contribution in [2.45, 2.75) is 46.3 Å². The summed E-state index contributed by atoms with van der Waals surface area (Å²) in [5.74, 6) is 0. The lowest BCUT2D eigenvalue weighted by Crippen LogP contribution is -2.05. The van der Waals surface area contributed by atoms with E-state index in [1.54, 1.807) is 0 Å². The van der Waals surface area contributed by atoms with Gasteiger partial charge in [-0.25, -0.2) is 0 Å². The van der Waals surface area contributed by atoms with Gasteiger partial charge >= 0.3 is 0 Å². The highest BCUT2D eigenvalue weighted by Crippen LogP contribution is 2.04. The highest BCUT2D eigenvalue weighted by molar-refractivity contribution is 4.81. The molecule has 0 aromatic carbocycles. The molecule has 0 aromatic rings. The Morgan fingerprint density at radius 2 is 1.23 bits per heavy atom. The molecule has 80 valence electrons. The van der Waals surface area contributed by atoms with Crippen LogP contribution in [0.15, 0.2) is 25.3 Å². The van der Waals surface area contributed by atoms with Gasteiger partial charge in [0.05, 0.1) is 12.2 Å². The predicted octanol–water partition coefficient (Wildman–Crippen LogP) is 2.52. The molecular formula is C11H24O2. The molecule has 0 aliphatic carbocycles. The minimum atomic E-state index is -0.438. The van der Waals surface area contributed by atoms with Crippen LogP contribution in [-0.4, -0.2) is 22.4 Å². The molecule has 0 saturated carbocycles. The zero-order valence-electron chi connectivity index (χ0n) is 6.74. The highest BCUT2D eigenvalue weighted by atomic mass is 16.3. The molecule has 0 heterocycles. The van der Waals surface area contributed by atoms with Crippen LogP contribution in [0, 0.1) is 0 Å². The summed E-state index contributed by atoms with van der Waals surface area (Å²) in [4.78, 5) is 0. The number of aliphatic hydroxyl groups is 2. The Labute approximate surface area is 82.6 Å². The van der Waals surface area contributed by atoms with Crippen molar-refractivity contribution in [3.05, 3.63) is 25.3 Å². The summed E-state index contributed by atoms with van der Waals surface area (Å²) in [6.07, 6.45) is 4.24. The summed E-state index contributed by atoms with van der Waals surface area (Å²) >= 11 is 0. The van der Waals surface area contributed by atoms with E-state index in [0.29, 0.717) is 12.8 Å². The van der Waals surface area contributed by atoms with Gasteiger partial charge in [0.15, 0.2) is 0 Å². The van der Waals surface area contributed by atoms with Crippen LogP contribution in [0.4, 0.5) is 0 Å². The molecule has 0 saturated heterocycles. The molecule has 0 fully saturated rings. The quantitative estimate of drug-likeness (QED) is 0.629. The lowest BCUT2D eigenvalue weighted by atomic mass is 10.1. The van der Waals surface area contributed by atoms with E-state index >= 15 is 0 Å². The van der Waals surface area contributed by atoms with Crippen LogP contribution in [-0.2, 0) is 0 Å². The van der Waals surface area contributed by atoms with Crippen molar-refractivity contribution < 1.29 is 10.2 Å². The fourth-order valence-corrected chi connectivity index (χ4v) is 0.772. The third-order valence-corrected chi connectivity index (χ3v) is 1.54. The average molecular weight is 188 g/mol. The van der Waals surface area contributed by atoms with Crippen molar-refractivity contribution >= 4 is 0 Å². The molecule has 0 aromatic heterocycles. The van der Waals surface area contributed by atoms with Crippen LogP contribution >= 0.6 is 0 Å². The highest BCUT2D eigenvalue weighted by Gasteiger charge is 2.00. The van der Waals surface area contributed by atoms with Crippen LogP contribution < -0.4 is 0 Å². The van der Waals surface area contributed by atoms with Crippen LogP contribution in [0.2, 0.25) is 0 Å². The zero-order valence-corrected chi connectivity index (χ0v) is 6.74. The van der Waals surface area contributed by atoms with Crippen molar-refractivity contribution in [2.24, 2.45) is 0 Å². The molecule has 0 rings (SSSR count). The van der Waals surface area contributed by atoms with E-state index in [1.165, 1.54) is 12.2 Å². The van der Waals surface area contributed by atoms with Crippen molar-refractivity contribution in [1.82, 2.24) is 0 Å². The first-order valence-electron chi connectivity index (χ1n) is 3.82. The molecule has 13 heavy (non-hydrogen) atoms. The van der Waals surface area contributed by atoms with Gasteiger partial charge in [0, 0.05) is 0 Å². The largest absolute Gasteiger partial charge is 0.389 e. The normalized spacial score (nSPS) is 13.1. The summed E-state index contributed by atoms with van der Waals surface area (Å²) < 4.78 is 0. The number of aliphatic hydroxyl groups excluding tert-OH is 2. The van der Waals surface area contributed by atoms with Gasteiger partial charge in [0.1, 0.15) is 0 Å². The molecule has 2 heteroatoms. The predicted molar refractivity (Wildman–Crippen MR) is 59.7 cm³/mol. The summed E-state index contributed by atoms with van der Waals surface area (Å²) in [6, 6.07) is 0. The molecular weight excluding hydrogens is 164 g/mol. The fraction of sp³-hybridized carbons (Fsp3) is 0.636. The molecule has 2 nitrogen and oxygen atoms in total. The first-order valence-corrected chi connectivity index (χ1v) is 3.82. The molecule has 0 aliphatic rings. The molecule has 0 bridgehead atoms. The minimum absolute atomic E-state index is 0. The Bertz CT molecular complexity index is 107. The summed E-state index contributed by atoms with van der Waals surface area (Å²) in [7, 11) is 0. The van der Waals surface area contributed by atoms with Crippen molar-refractivity contribution in [2.75, 3.05) is 0 Å². The molecule has 0 radical (unpaired) electrons. The number of hydrogen-bond donors (Lipinski definition) is 2. The Morgan fingerprint density at radius 1 is 0.923 bits per heavy atom. The standard InChI is InChI=1S/C9H16O2.2CH4/c1-3-8(10)6-5-7-9(11)4-2;;/h3-4,8-11H,1-2,5-7H2;2*1H4. The average Bonchev–Trinajstić information content (AvgIpc) is 2.04. The van der Waals surface area contributed by atoms with Crippen LogP contribution in [0.5, 0.6) is 0 Å². The summed E-state index contributed by atoms with van der Waals surface area (Å²) in [5, 5.41) is 18.0. The van der Waals surface area contributed by atoms with Gasteiger partial charge in [-0.05, 0) is 19.3 Å². The zero-order chi connectivity index (χ0) is 8.69. The fourth-order valence-electron chi connectivity index (χ4n) is 0.772. The first-order chi connectivity index (χ1) is 5.20. The smallest absolute Gasteiger partial charge is 0.0718 e. The van der Waals surface area contributed by atoms with Crippen LogP contribution in [0.1, 0.15) is 34.1 Å². The van der Waals surface area contributed by atoms with E-state index in [4.69, 9.17) is 10.2 Å². The lowest BCUT2D eigenvalue weighted by molar-refractivity contribution is 0.181. The Kier molecular flexibility index (Phi) is 16.0. The van der Waals surface area contributed by atoms with E-state index < -0.39 is 12.2 Å². The molecule has 0 amide bonds. The number of rotatable bonds is 6. The van der Waals surface area contributed by atoms with E-state index in [-0.39, 0.29) is 14.9 Å². The second kappa shape index (κ2) is 11.4. The Morgan fingerprint density at radius 3 is 1.46 bits per heavy atom. The summed E-state index contributed by atoms with van der Waals surface area (Å²) in [5.41, 5.74) is 0. The van der Waals surface area contributed by atoms with E-state index in [1.807, 2.05) is 0 Å². The van der Waals surface area contributed by atoms with Gasteiger partial charge in [0.2, 0.25) is 0 Å². The molecule has 0 spiro atoms. The second-order valence-corrected chi connectivity index (χ2v) is 2.54. The monoisotopic (exact) mass is 188 g/mol.